The average molecular weight is 441 g/mol. The second-order valence-electron chi connectivity index (χ2n) is 8.26. The lowest BCUT2D eigenvalue weighted by Crippen LogP contribution is -2.31. The van der Waals surface area contributed by atoms with Crippen molar-refractivity contribution in [2.75, 3.05) is 42.9 Å². The van der Waals surface area contributed by atoms with Gasteiger partial charge in [0, 0.05) is 61.6 Å². The molecule has 1 fully saturated rings. The van der Waals surface area contributed by atoms with E-state index < -0.39 is 0 Å². The van der Waals surface area contributed by atoms with Crippen LogP contribution < -0.4 is 10.2 Å². The summed E-state index contributed by atoms with van der Waals surface area (Å²) >= 11 is 0. The Kier molecular flexibility index (Phi) is 6.08. The molecule has 0 amide bonds. The Morgan fingerprint density at radius 2 is 1.76 bits per heavy atom. The van der Waals surface area contributed by atoms with E-state index in [1.807, 2.05) is 24.7 Å². The first-order valence-electron chi connectivity index (χ1n) is 11.4. The third kappa shape index (κ3) is 4.47. The Bertz CT molecular complexity index is 1230. The SMILES string of the molecule is CCN1CCCN(c2ncc(-c3ccc4c(Nc5cnccn5)ccnc4c3C)cn2)CC1. The number of pyridine rings is 1. The highest BCUT2D eigenvalue weighted by Gasteiger charge is 2.17. The maximum atomic E-state index is 4.71. The summed E-state index contributed by atoms with van der Waals surface area (Å²) in [6, 6.07) is 6.16. The molecule has 4 heterocycles. The fraction of sp³-hybridized carbons (Fsp3) is 0.320. The van der Waals surface area contributed by atoms with Crippen molar-refractivity contribution in [1.29, 1.82) is 0 Å². The van der Waals surface area contributed by atoms with E-state index in [1.165, 1.54) is 0 Å². The summed E-state index contributed by atoms with van der Waals surface area (Å²) in [7, 11) is 0. The number of nitrogens with one attached hydrogen (secondary N) is 1. The molecule has 168 valence electrons. The Morgan fingerprint density at radius 1 is 0.879 bits per heavy atom. The first-order valence-corrected chi connectivity index (χ1v) is 11.4. The van der Waals surface area contributed by atoms with Gasteiger partial charge in [0.15, 0.2) is 0 Å². The summed E-state index contributed by atoms with van der Waals surface area (Å²) in [5.74, 6) is 1.51. The van der Waals surface area contributed by atoms with Crippen LogP contribution in [-0.2, 0) is 0 Å². The number of anilines is 3. The number of rotatable bonds is 5. The summed E-state index contributed by atoms with van der Waals surface area (Å²) < 4.78 is 0. The number of benzene rings is 1. The molecule has 1 aliphatic heterocycles. The van der Waals surface area contributed by atoms with E-state index in [0.29, 0.717) is 5.82 Å². The van der Waals surface area contributed by atoms with Crippen LogP contribution in [0.4, 0.5) is 17.5 Å². The summed E-state index contributed by atoms with van der Waals surface area (Å²) in [4.78, 5) is 27.3. The molecule has 8 heteroatoms. The molecule has 3 aromatic heterocycles. The van der Waals surface area contributed by atoms with Crippen molar-refractivity contribution < 1.29 is 0 Å². The first kappa shape index (κ1) is 21.2. The Hall–Kier alpha value is -3.65. The molecular weight excluding hydrogens is 412 g/mol. The van der Waals surface area contributed by atoms with Crippen molar-refractivity contribution in [3.63, 3.8) is 0 Å². The number of fused-ring (bicyclic) bond motifs is 1. The molecule has 0 bridgehead atoms. The molecular formula is C25H28N8. The highest BCUT2D eigenvalue weighted by Crippen LogP contribution is 2.32. The molecule has 1 saturated heterocycles. The van der Waals surface area contributed by atoms with Crippen LogP contribution in [0.25, 0.3) is 22.0 Å². The smallest absolute Gasteiger partial charge is 0.225 e. The van der Waals surface area contributed by atoms with E-state index >= 15 is 0 Å². The van der Waals surface area contributed by atoms with Gasteiger partial charge in [-0.25, -0.2) is 15.0 Å². The lowest BCUT2D eigenvalue weighted by molar-refractivity contribution is 0.310. The number of aromatic nitrogens is 5. The molecule has 5 rings (SSSR count). The van der Waals surface area contributed by atoms with Crippen LogP contribution in [0.15, 0.2) is 55.4 Å². The highest BCUT2D eigenvalue weighted by molar-refractivity contribution is 5.97. The number of hydrogen-bond donors (Lipinski definition) is 1. The lowest BCUT2D eigenvalue weighted by atomic mass is 9.99. The van der Waals surface area contributed by atoms with Crippen LogP contribution in [0, 0.1) is 6.92 Å². The summed E-state index contributed by atoms with van der Waals surface area (Å²) in [5, 5.41) is 4.38. The van der Waals surface area contributed by atoms with Crippen molar-refractivity contribution in [2.45, 2.75) is 20.3 Å². The molecule has 0 radical (unpaired) electrons. The van der Waals surface area contributed by atoms with Crippen LogP contribution in [0.2, 0.25) is 0 Å². The minimum absolute atomic E-state index is 0.700. The van der Waals surface area contributed by atoms with Gasteiger partial charge in [-0.3, -0.25) is 9.97 Å². The zero-order valence-electron chi connectivity index (χ0n) is 19.1. The zero-order chi connectivity index (χ0) is 22.6. The zero-order valence-corrected chi connectivity index (χ0v) is 19.1. The molecule has 1 aromatic carbocycles. The predicted molar refractivity (Wildman–Crippen MR) is 132 cm³/mol. The average Bonchev–Trinajstić information content (AvgIpc) is 3.11. The van der Waals surface area contributed by atoms with Crippen LogP contribution in [0.3, 0.4) is 0 Å². The number of hydrogen-bond acceptors (Lipinski definition) is 8. The first-order chi connectivity index (χ1) is 16.2. The molecule has 0 unspecified atom stereocenters. The molecule has 0 atom stereocenters. The van der Waals surface area contributed by atoms with Gasteiger partial charge in [0.25, 0.3) is 0 Å². The van der Waals surface area contributed by atoms with Crippen LogP contribution in [-0.4, -0.2) is 62.5 Å². The molecule has 0 saturated carbocycles. The molecule has 4 aromatic rings. The largest absolute Gasteiger partial charge is 0.339 e. The molecule has 8 nitrogen and oxygen atoms in total. The summed E-state index contributed by atoms with van der Waals surface area (Å²) in [6.07, 6.45) is 11.9. The van der Waals surface area contributed by atoms with Crippen molar-refractivity contribution >= 4 is 28.4 Å². The van der Waals surface area contributed by atoms with E-state index in [0.717, 1.165) is 78.4 Å². The van der Waals surface area contributed by atoms with Gasteiger partial charge in [-0.15, -0.1) is 0 Å². The third-order valence-corrected chi connectivity index (χ3v) is 6.26. The second-order valence-corrected chi connectivity index (χ2v) is 8.26. The van der Waals surface area contributed by atoms with Gasteiger partial charge in [-0.05, 0) is 43.6 Å². The monoisotopic (exact) mass is 440 g/mol. The molecule has 0 aliphatic carbocycles. The van der Waals surface area contributed by atoms with E-state index in [4.69, 9.17) is 9.97 Å². The third-order valence-electron chi connectivity index (χ3n) is 6.26. The van der Waals surface area contributed by atoms with E-state index in [2.05, 4.69) is 56.0 Å². The van der Waals surface area contributed by atoms with Crippen molar-refractivity contribution in [2.24, 2.45) is 0 Å². The predicted octanol–water partition coefficient (Wildman–Crippen LogP) is 4.07. The van der Waals surface area contributed by atoms with Crippen LogP contribution in [0.1, 0.15) is 18.9 Å². The van der Waals surface area contributed by atoms with E-state index in [9.17, 15) is 0 Å². The second kappa shape index (κ2) is 9.46. The van der Waals surface area contributed by atoms with Crippen LogP contribution >= 0.6 is 0 Å². The maximum Gasteiger partial charge on any atom is 0.225 e. The van der Waals surface area contributed by atoms with E-state index in [-0.39, 0.29) is 0 Å². The molecule has 0 spiro atoms. The Balaban J connectivity index is 1.41. The number of likely N-dealkylation sites (N-methyl/N-ethyl adjacent to an activating group) is 1. The maximum absolute atomic E-state index is 4.71. The van der Waals surface area contributed by atoms with Gasteiger partial charge >= 0.3 is 0 Å². The van der Waals surface area contributed by atoms with Crippen molar-refractivity contribution in [1.82, 2.24) is 29.8 Å². The standard InChI is InChI=1S/C25H28N8/c1-3-32-11-4-12-33(14-13-32)25-29-15-19(16-30-25)20-5-6-21-22(7-8-28-24(21)18(20)2)31-23-17-26-9-10-27-23/h5-10,15-17H,3-4,11-14H2,1-2H3,(H,27,28,31). The lowest BCUT2D eigenvalue weighted by Gasteiger charge is -2.21. The summed E-state index contributed by atoms with van der Waals surface area (Å²) in [6.45, 7) is 9.57. The quantitative estimate of drug-likeness (QED) is 0.497. The summed E-state index contributed by atoms with van der Waals surface area (Å²) in [5.41, 5.74) is 5.07. The van der Waals surface area contributed by atoms with Gasteiger partial charge in [-0.2, -0.15) is 0 Å². The number of nitrogens with zero attached hydrogens (tertiary/aromatic N) is 7. The molecule has 33 heavy (non-hydrogen) atoms. The minimum atomic E-state index is 0.700. The van der Waals surface area contributed by atoms with Gasteiger partial charge < -0.3 is 15.1 Å². The topological polar surface area (TPSA) is 83.0 Å². The fourth-order valence-corrected chi connectivity index (χ4v) is 4.39. The number of aryl methyl sites for hydroxylation is 1. The Labute approximate surface area is 193 Å². The fourth-order valence-electron chi connectivity index (χ4n) is 4.39. The van der Waals surface area contributed by atoms with Gasteiger partial charge in [0.05, 0.1) is 17.4 Å². The van der Waals surface area contributed by atoms with Gasteiger partial charge in [-0.1, -0.05) is 19.1 Å². The Morgan fingerprint density at radius 3 is 2.55 bits per heavy atom. The minimum Gasteiger partial charge on any atom is -0.339 e. The van der Waals surface area contributed by atoms with Crippen LogP contribution in [0.5, 0.6) is 0 Å². The molecule has 1 aliphatic rings. The molecule has 1 N–H and O–H groups in total. The van der Waals surface area contributed by atoms with Gasteiger partial charge in [0.2, 0.25) is 5.95 Å². The van der Waals surface area contributed by atoms with Crippen molar-refractivity contribution in [3.05, 3.63) is 60.9 Å². The van der Waals surface area contributed by atoms with E-state index in [1.54, 1.807) is 18.6 Å². The normalized spacial score (nSPS) is 14.9. The highest BCUT2D eigenvalue weighted by atomic mass is 15.3. The van der Waals surface area contributed by atoms with Crippen molar-refractivity contribution in [3.8, 4) is 11.1 Å². The van der Waals surface area contributed by atoms with Gasteiger partial charge in [0.1, 0.15) is 5.82 Å².